The number of hydrogen-bond donors (Lipinski definition) is 1. The molecule has 0 heterocycles. The summed E-state index contributed by atoms with van der Waals surface area (Å²) in [5.41, 5.74) is 5.37. The van der Waals surface area contributed by atoms with Crippen LogP contribution in [-0.2, 0) is 19.3 Å². The molecule has 0 aromatic heterocycles. The zero-order valence-electron chi connectivity index (χ0n) is 18.7. The van der Waals surface area contributed by atoms with Crippen LogP contribution < -0.4 is 5.32 Å². The minimum Gasteiger partial charge on any atom is -0.350 e. The Morgan fingerprint density at radius 3 is 2.21 bits per heavy atom. The average molecular weight is 410 g/mol. The quantitative estimate of drug-likeness (QED) is 0.264. The Hall–Kier alpha value is -1.67. The van der Waals surface area contributed by atoms with E-state index in [1.807, 2.05) is 0 Å². The van der Waals surface area contributed by atoms with Gasteiger partial charge in [0.2, 0.25) is 0 Å². The van der Waals surface area contributed by atoms with E-state index >= 15 is 0 Å². The lowest BCUT2D eigenvalue weighted by Gasteiger charge is -2.13. The van der Waals surface area contributed by atoms with Gasteiger partial charge in [-0.25, -0.2) is 0 Å². The minimum absolute atomic E-state index is 0.707. The van der Waals surface area contributed by atoms with Gasteiger partial charge in [-0.15, -0.1) is 0 Å². The summed E-state index contributed by atoms with van der Waals surface area (Å²) in [5.74, 6) is 0.707. The number of benzene rings is 2. The Morgan fingerprint density at radius 2 is 1.48 bits per heavy atom. The number of thiocarbonyl (C=S) groups is 1. The van der Waals surface area contributed by atoms with Gasteiger partial charge in [0.25, 0.3) is 0 Å². The van der Waals surface area contributed by atoms with Crippen LogP contribution in [0.15, 0.2) is 48.5 Å². The minimum atomic E-state index is 0.707. The van der Waals surface area contributed by atoms with E-state index < -0.39 is 0 Å². The summed E-state index contributed by atoms with van der Waals surface area (Å²) >= 11 is 5.61. The van der Waals surface area contributed by atoms with Crippen molar-refractivity contribution in [2.75, 3.05) is 5.32 Å². The molecular formula is C27H39NS. The normalized spacial score (nSPS) is 11.0. The molecule has 29 heavy (non-hydrogen) atoms. The number of aryl methyl sites for hydroxylation is 2. The lowest BCUT2D eigenvalue weighted by molar-refractivity contribution is 0.616. The van der Waals surface area contributed by atoms with E-state index in [2.05, 4.69) is 74.6 Å². The van der Waals surface area contributed by atoms with Gasteiger partial charge >= 0.3 is 0 Å². The maximum atomic E-state index is 5.61. The predicted octanol–water partition coefficient (Wildman–Crippen LogP) is 8.16. The zero-order valence-corrected chi connectivity index (χ0v) is 19.5. The first-order valence-electron chi connectivity index (χ1n) is 11.5. The van der Waals surface area contributed by atoms with Crippen molar-refractivity contribution in [1.82, 2.24) is 0 Å². The van der Waals surface area contributed by atoms with Crippen LogP contribution in [0.25, 0.3) is 0 Å². The molecule has 0 atom stereocenters. The molecule has 0 radical (unpaired) electrons. The van der Waals surface area contributed by atoms with Crippen LogP contribution in [0.4, 0.5) is 5.69 Å². The largest absolute Gasteiger partial charge is 0.350 e. The molecule has 2 aromatic carbocycles. The summed E-state index contributed by atoms with van der Waals surface area (Å²) in [6.45, 7) is 6.81. The smallest absolute Gasteiger partial charge is 0.0797 e. The Morgan fingerprint density at radius 1 is 0.828 bits per heavy atom. The molecule has 158 valence electrons. The van der Waals surface area contributed by atoms with Crippen molar-refractivity contribution in [2.24, 2.45) is 5.92 Å². The molecule has 0 spiro atoms. The highest BCUT2D eigenvalue weighted by Crippen LogP contribution is 2.19. The molecule has 0 bridgehead atoms. The second-order valence-electron chi connectivity index (χ2n) is 8.64. The van der Waals surface area contributed by atoms with E-state index in [1.165, 1.54) is 60.9 Å². The summed E-state index contributed by atoms with van der Waals surface area (Å²) in [7, 11) is 0. The maximum Gasteiger partial charge on any atom is 0.0797 e. The van der Waals surface area contributed by atoms with Crippen LogP contribution >= 0.6 is 12.2 Å². The van der Waals surface area contributed by atoms with Gasteiger partial charge in [-0.3, -0.25) is 0 Å². The fourth-order valence-electron chi connectivity index (χ4n) is 3.73. The molecule has 1 nitrogen and oxygen atoms in total. The van der Waals surface area contributed by atoms with Crippen molar-refractivity contribution >= 4 is 22.9 Å². The Balaban J connectivity index is 1.81. The first-order chi connectivity index (χ1) is 14.1. The van der Waals surface area contributed by atoms with Crippen molar-refractivity contribution in [3.05, 3.63) is 65.2 Å². The van der Waals surface area contributed by atoms with Crippen LogP contribution in [0, 0.1) is 5.92 Å². The molecule has 2 rings (SSSR count). The molecular weight excluding hydrogens is 370 g/mol. The Labute approximate surface area is 184 Å². The molecule has 0 unspecified atom stereocenters. The molecule has 1 N–H and O–H groups in total. The first kappa shape index (κ1) is 23.6. The van der Waals surface area contributed by atoms with E-state index in [9.17, 15) is 0 Å². The first-order valence-corrected chi connectivity index (χ1v) is 11.9. The average Bonchev–Trinajstić information content (AvgIpc) is 2.70. The van der Waals surface area contributed by atoms with Crippen LogP contribution in [-0.4, -0.2) is 4.99 Å². The third kappa shape index (κ3) is 9.58. The van der Waals surface area contributed by atoms with Gasteiger partial charge in [0.15, 0.2) is 0 Å². The van der Waals surface area contributed by atoms with E-state index in [1.54, 1.807) is 0 Å². The molecule has 0 saturated carbocycles. The number of anilines is 1. The van der Waals surface area contributed by atoms with Crippen LogP contribution in [0.3, 0.4) is 0 Å². The SMILES string of the molecule is CCCCCCCCC(=S)Nc1ccccc1CCc1ccc(CC(C)C)cc1. The number of hydrogen-bond acceptors (Lipinski definition) is 1. The fourth-order valence-corrected chi connectivity index (χ4v) is 3.99. The van der Waals surface area contributed by atoms with Crippen LogP contribution in [0.2, 0.25) is 0 Å². The standard InChI is InChI=1S/C27H39NS/c1-4-5-6-7-8-9-14-27(29)28-26-13-11-10-12-25(26)20-19-23-15-17-24(18-16-23)21-22(2)3/h10-13,15-18,22H,4-9,14,19-21H2,1-3H3,(H,28,29). The summed E-state index contributed by atoms with van der Waals surface area (Å²) in [6, 6.07) is 17.8. The Bertz CT molecular complexity index is 718. The van der Waals surface area contributed by atoms with Crippen molar-refractivity contribution < 1.29 is 0 Å². The second kappa shape index (κ2) is 13.5. The molecule has 2 aromatic rings. The molecule has 0 saturated heterocycles. The van der Waals surface area contributed by atoms with Gasteiger partial charge in [0.05, 0.1) is 4.99 Å². The van der Waals surface area contributed by atoms with Crippen molar-refractivity contribution in [2.45, 2.75) is 85.0 Å². The highest BCUT2D eigenvalue weighted by Gasteiger charge is 2.05. The lowest BCUT2D eigenvalue weighted by Crippen LogP contribution is -2.10. The summed E-state index contributed by atoms with van der Waals surface area (Å²) in [5, 5.41) is 3.51. The number of para-hydroxylation sites is 1. The van der Waals surface area contributed by atoms with E-state index in [4.69, 9.17) is 12.2 Å². The van der Waals surface area contributed by atoms with Gasteiger partial charge in [-0.05, 0) is 60.8 Å². The van der Waals surface area contributed by atoms with Crippen molar-refractivity contribution in [1.29, 1.82) is 0 Å². The van der Waals surface area contributed by atoms with Crippen LogP contribution in [0.1, 0.15) is 82.4 Å². The van der Waals surface area contributed by atoms with Gasteiger partial charge in [0, 0.05) is 5.69 Å². The van der Waals surface area contributed by atoms with Crippen molar-refractivity contribution in [3.8, 4) is 0 Å². The molecule has 0 aliphatic rings. The van der Waals surface area contributed by atoms with E-state index in [0.717, 1.165) is 30.7 Å². The summed E-state index contributed by atoms with van der Waals surface area (Å²) in [6.07, 6.45) is 12.1. The molecule has 2 heteroatoms. The summed E-state index contributed by atoms with van der Waals surface area (Å²) < 4.78 is 0. The second-order valence-corrected chi connectivity index (χ2v) is 9.13. The van der Waals surface area contributed by atoms with Gasteiger partial charge in [-0.1, -0.05) is 108 Å². The fraction of sp³-hybridized carbons (Fsp3) is 0.519. The molecule has 0 amide bonds. The monoisotopic (exact) mass is 409 g/mol. The van der Waals surface area contributed by atoms with Gasteiger partial charge in [-0.2, -0.15) is 0 Å². The highest BCUT2D eigenvalue weighted by atomic mass is 32.1. The zero-order chi connectivity index (χ0) is 20.9. The van der Waals surface area contributed by atoms with Gasteiger partial charge < -0.3 is 5.32 Å². The molecule has 0 fully saturated rings. The predicted molar refractivity (Wildman–Crippen MR) is 133 cm³/mol. The van der Waals surface area contributed by atoms with Crippen LogP contribution in [0.5, 0.6) is 0 Å². The summed E-state index contributed by atoms with van der Waals surface area (Å²) in [4.78, 5) is 0.978. The molecule has 0 aliphatic carbocycles. The van der Waals surface area contributed by atoms with E-state index in [-0.39, 0.29) is 0 Å². The molecule has 0 aliphatic heterocycles. The highest BCUT2D eigenvalue weighted by molar-refractivity contribution is 7.80. The third-order valence-corrected chi connectivity index (χ3v) is 5.70. The third-order valence-electron chi connectivity index (χ3n) is 5.40. The lowest BCUT2D eigenvalue weighted by atomic mass is 9.99. The Kier molecular flexibility index (Phi) is 11.0. The van der Waals surface area contributed by atoms with Gasteiger partial charge in [0.1, 0.15) is 0 Å². The number of unbranched alkanes of at least 4 members (excludes halogenated alkanes) is 5. The number of nitrogens with one attached hydrogen (secondary N) is 1. The van der Waals surface area contributed by atoms with E-state index in [0.29, 0.717) is 5.92 Å². The number of rotatable bonds is 13. The maximum absolute atomic E-state index is 5.61. The topological polar surface area (TPSA) is 12.0 Å². The van der Waals surface area contributed by atoms with Crippen molar-refractivity contribution in [3.63, 3.8) is 0 Å².